The molecule has 5 nitrogen and oxygen atoms in total. The van der Waals surface area contributed by atoms with Crippen LogP contribution in [0.4, 0.5) is 22.0 Å². The summed E-state index contributed by atoms with van der Waals surface area (Å²) in [6, 6.07) is 8.75. The van der Waals surface area contributed by atoms with Crippen LogP contribution in [0.5, 0.6) is 0 Å². The number of hydrogen-bond acceptors (Lipinski definition) is 4. The number of nitrogens with zero attached hydrogens (tertiary/aromatic N) is 2. The highest BCUT2D eigenvalue weighted by molar-refractivity contribution is 7.99. The molecule has 3 rings (SSSR count). The third kappa shape index (κ3) is 4.91. The molecule has 11 heteroatoms. The first kappa shape index (κ1) is 20.8. The van der Waals surface area contributed by atoms with Crippen molar-refractivity contribution in [1.82, 2.24) is 14.9 Å². The normalized spacial score (nSPS) is 11.6. The molecule has 1 amide bonds. The maximum absolute atomic E-state index is 14.3. The minimum atomic E-state index is -4.57. The van der Waals surface area contributed by atoms with Crippen molar-refractivity contribution in [2.45, 2.75) is 11.3 Å². The first-order valence-electron chi connectivity index (χ1n) is 8.09. The Morgan fingerprint density at radius 1 is 1.14 bits per heavy atom. The minimum absolute atomic E-state index is 0.124. The van der Waals surface area contributed by atoms with Crippen LogP contribution in [0.2, 0.25) is 0 Å². The number of benzene rings is 2. The first-order valence-corrected chi connectivity index (χ1v) is 9.08. The van der Waals surface area contributed by atoms with Crippen molar-refractivity contribution in [1.29, 1.82) is 0 Å². The van der Waals surface area contributed by atoms with Crippen LogP contribution in [0, 0.1) is 11.6 Å². The number of nitrogens with one attached hydrogen (secondary N) is 1. The van der Waals surface area contributed by atoms with Gasteiger partial charge >= 0.3 is 6.18 Å². The number of hydrogen-bond donors (Lipinski definition) is 1. The summed E-state index contributed by atoms with van der Waals surface area (Å²) in [4.78, 5) is 28.8. The van der Waals surface area contributed by atoms with Crippen LogP contribution in [0.15, 0.2) is 52.4 Å². The van der Waals surface area contributed by atoms with Crippen molar-refractivity contribution < 1.29 is 26.7 Å². The number of halogens is 5. The van der Waals surface area contributed by atoms with Gasteiger partial charge in [-0.05, 0) is 24.3 Å². The van der Waals surface area contributed by atoms with E-state index in [1.165, 1.54) is 12.1 Å². The van der Waals surface area contributed by atoms with Gasteiger partial charge in [-0.15, -0.1) is 0 Å². The van der Waals surface area contributed by atoms with Crippen molar-refractivity contribution in [3.63, 3.8) is 0 Å². The predicted molar refractivity (Wildman–Crippen MR) is 97.0 cm³/mol. The van der Waals surface area contributed by atoms with E-state index in [-0.39, 0.29) is 21.7 Å². The summed E-state index contributed by atoms with van der Waals surface area (Å²) in [5.41, 5.74) is -0.707. The molecule has 152 valence electrons. The molecular weight excluding hydrogens is 417 g/mol. The van der Waals surface area contributed by atoms with E-state index < -0.39 is 41.6 Å². The molecule has 1 N–H and O–H groups in total. The Bertz CT molecular complexity index is 1130. The Labute approximate surface area is 164 Å². The van der Waals surface area contributed by atoms with Crippen LogP contribution >= 0.6 is 11.8 Å². The van der Waals surface area contributed by atoms with Gasteiger partial charge in [-0.1, -0.05) is 23.9 Å². The fourth-order valence-electron chi connectivity index (χ4n) is 2.46. The van der Waals surface area contributed by atoms with Gasteiger partial charge in [0, 0.05) is 6.07 Å². The summed E-state index contributed by atoms with van der Waals surface area (Å²) < 4.78 is 65.1. The van der Waals surface area contributed by atoms with Crippen molar-refractivity contribution >= 4 is 28.6 Å². The second-order valence-electron chi connectivity index (χ2n) is 5.83. The van der Waals surface area contributed by atoms with Gasteiger partial charge in [-0.3, -0.25) is 14.2 Å². The van der Waals surface area contributed by atoms with Crippen molar-refractivity contribution in [2.24, 2.45) is 0 Å². The SMILES string of the molecule is O=C(CSc1nc2ccccc2c(=O)n1-c1ccc(F)cc1F)NCC(F)(F)F. The second-order valence-corrected chi connectivity index (χ2v) is 6.77. The van der Waals surface area contributed by atoms with Gasteiger partial charge in [0.25, 0.3) is 5.56 Å². The molecule has 0 atom stereocenters. The van der Waals surface area contributed by atoms with E-state index in [0.29, 0.717) is 17.8 Å². The lowest BCUT2D eigenvalue weighted by molar-refractivity contribution is -0.136. The van der Waals surface area contributed by atoms with Gasteiger partial charge in [0.2, 0.25) is 5.91 Å². The van der Waals surface area contributed by atoms with E-state index in [2.05, 4.69) is 4.98 Å². The molecule has 0 fully saturated rings. The Morgan fingerprint density at radius 2 is 1.86 bits per heavy atom. The zero-order valence-corrected chi connectivity index (χ0v) is 15.3. The van der Waals surface area contributed by atoms with E-state index in [9.17, 15) is 31.5 Å². The van der Waals surface area contributed by atoms with E-state index in [1.54, 1.807) is 17.4 Å². The van der Waals surface area contributed by atoms with Crippen LogP contribution < -0.4 is 10.9 Å². The fourth-order valence-corrected chi connectivity index (χ4v) is 3.30. The summed E-state index contributed by atoms with van der Waals surface area (Å²) >= 11 is 0.655. The summed E-state index contributed by atoms with van der Waals surface area (Å²) in [5.74, 6) is -3.33. The maximum atomic E-state index is 14.3. The number of carbonyl (C=O) groups excluding carboxylic acids is 1. The molecule has 2 aromatic carbocycles. The topological polar surface area (TPSA) is 64.0 Å². The highest BCUT2D eigenvalue weighted by atomic mass is 32.2. The third-order valence-corrected chi connectivity index (χ3v) is 4.65. The summed E-state index contributed by atoms with van der Waals surface area (Å²) in [5, 5.41) is 1.73. The average molecular weight is 429 g/mol. The van der Waals surface area contributed by atoms with Crippen LogP contribution in [0.25, 0.3) is 16.6 Å². The molecule has 0 aliphatic carbocycles. The standard InChI is InChI=1S/C18H12F5N3O2S/c19-10-5-6-14(12(20)7-10)26-16(28)11-3-1-2-4-13(11)25-17(26)29-8-15(27)24-9-18(21,22)23/h1-7H,8-9H2,(H,24,27). The largest absolute Gasteiger partial charge is 0.405 e. The van der Waals surface area contributed by atoms with Crippen LogP contribution in [-0.2, 0) is 4.79 Å². The summed E-state index contributed by atoms with van der Waals surface area (Å²) in [7, 11) is 0. The Kier molecular flexibility index (Phi) is 5.87. The number of thioether (sulfide) groups is 1. The van der Waals surface area contributed by atoms with Gasteiger partial charge in [0.15, 0.2) is 5.16 Å². The van der Waals surface area contributed by atoms with Crippen LogP contribution in [0.3, 0.4) is 0 Å². The Hall–Kier alpha value is -2.95. The van der Waals surface area contributed by atoms with E-state index >= 15 is 0 Å². The number of alkyl halides is 3. The maximum Gasteiger partial charge on any atom is 0.405 e. The number of aromatic nitrogens is 2. The van der Waals surface area contributed by atoms with Gasteiger partial charge in [0.1, 0.15) is 18.2 Å². The molecule has 0 aliphatic rings. The highest BCUT2D eigenvalue weighted by Crippen LogP contribution is 2.23. The van der Waals surface area contributed by atoms with Crippen LogP contribution in [-0.4, -0.2) is 33.9 Å². The third-order valence-electron chi connectivity index (χ3n) is 3.71. The number of para-hydroxylation sites is 1. The second kappa shape index (κ2) is 8.19. The molecule has 0 saturated carbocycles. The quantitative estimate of drug-likeness (QED) is 0.384. The zero-order chi connectivity index (χ0) is 21.2. The van der Waals surface area contributed by atoms with Crippen molar-refractivity contribution in [2.75, 3.05) is 12.3 Å². The molecule has 0 unspecified atom stereocenters. The Balaban J connectivity index is 2.01. The minimum Gasteiger partial charge on any atom is -0.346 e. The molecule has 3 aromatic rings. The van der Waals surface area contributed by atoms with Gasteiger partial charge in [-0.2, -0.15) is 13.2 Å². The molecule has 0 spiro atoms. The lowest BCUT2D eigenvalue weighted by atomic mass is 10.2. The van der Waals surface area contributed by atoms with E-state index in [1.807, 2.05) is 0 Å². The lowest BCUT2D eigenvalue weighted by Crippen LogP contribution is -2.35. The molecule has 0 saturated heterocycles. The molecule has 0 radical (unpaired) electrons. The molecule has 0 bridgehead atoms. The van der Waals surface area contributed by atoms with Gasteiger partial charge in [0.05, 0.1) is 22.3 Å². The molecule has 1 heterocycles. The number of fused-ring (bicyclic) bond motifs is 1. The van der Waals surface area contributed by atoms with Gasteiger partial charge in [-0.25, -0.2) is 13.8 Å². The smallest absolute Gasteiger partial charge is 0.346 e. The first-order chi connectivity index (χ1) is 13.7. The molecule has 0 aliphatic heterocycles. The van der Waals surface area contributed by atoms with Crippen molar-refractivity contribution in [3.8, 4) is 5.69 Å². The number of rotatable bonds is 5. The fraction of sp³-hybridized carbons (Fsp3) is 0.167. The van der Waals surface area contributed by atoms with Crippen LogP contribution in [0.1, 0.15) is 0 Å². The summed E-state index contributed by atoms with van der Waals surface area (Å²) in [6.45, 7) is -1.50. The molecular formula is C18H12F5N3O2S. The zero-order valence-electron chi connectivity index (χ0n) is 14.5. The van der Waals surface area contributed by atoms with Gasteiger partial charge < -0.3 is 5.32 Å². The van der Waals surface area contributed by atoms with E-state index in [4.69, 9.17) is 0 Å². The summed E-state index contributed by atoms with van der Waals surface area (Å²) in [6.07, 6.45) is -4.57. The highest BCUT2D eigenvalue weighted by Gasteiger charge is 2.27. The monoisotopic (exact) mass is 429 g/mol. The van der Waals surface area contributed by atoms with Crippen molar-refractivity contribution in [3.05, 3.63) is 64.5 Å². The lowest BCUT2D eigenvalue weighted by Gasteiger charge is -2.14. The molecule has 29 heavy (non-hydrogen) atoms. The number of carbonyl (C=O) groups is 1. The number of amides is 1. The Morgan fingerprint density at radius 3 is 2.55 bits per heavy atom. The van der Waals surface area contributed by atoms with E-state index in [0.717, 1.165) is 16.7 Å². The average Bonchev–Trinajstić information content (AvgIpc) is 2.65. The predicted octanol–water partition coefficient (Wildman–Crippen LogP) is 3.43. The molecule has 1 aromatic heterocycles.